The van der Waals surface area contributed by atoms with Crippen molar-refractivity contribution >= 4 is 15.5 Å². The van der Waals surface area contributed by atoms with Crippen molar-refractivity contribution < 1.29 is 14.0 Å². The highest BCUT2D eigenvalue weighted by atomic mass is 28.2. The van der Waals surface area contributed by atoms with Crippen LogP contribution in [0, 0.1) is 5.92 Å². The Bertz CT molecular complexity index is 792. The summed E-state index contributed by atoms with van der Waals surface area (Å²) in [5.74, 6) is 2.18. The minimum atomic E-state index is -0.369. The van der Waals surface area contributed by atoms with E-state index < -0.39 is 0 Å². The Morgan fingerprint density at radius 2 is 2.31 bits per heavy atom. The van der Waals surface area contributed by atoms with Gasteiger partial charge < -0.3 is 14.1 Å². The first kappa shape index (κ1) is 16.6. The Morgan fingerprint density at radius 1 is 1.42 bits per heavy atom. The molecule has 2 bridgehead atoms. The average Bonchev–Trinajstić information content (AvgIpc) is 3.00. The molecule has 26 heavy (non-hydrogen) atoms. The van der Waals surface area contributed by atoms with Crippen molar-refractivity contribution in [1.82, 2.24) is 4.90 Å². The highest BCUT2D eigenvalue weighted by molar-refractivity contribution is 6.28. The number of ether oxygens (including phenoxy) is 1. The zero-order valence-electron chi connectivity index (χ0n) is 15.5. The number of ketones is 1. The van der Waals surface area contributed by atoms with Gasteiger partial charge >= 0.3 is 9.76 Å². The third kappa shape index (κ3) is 2.07. The fourth-order valence-electron chi connectivity index (χ4n) is 5.53. The summed E-state index contributed by atoms with van der Waals surface area (Å²) in [6.45, 7) is 3.22. The number of benzene rings is 1. The second-order valence-electron chi connectivity index (χ2n) is 8.10. The Balaban J connectivity index is 1.60. The summed E-state index contributed by atoms with van der Waals surface area (Å²) >= 11 is 0. The third-order valence-electron chi connectivity index (χ3n) is 6.80. The van der Waals surface area contributed by atoms with Gasteiger partial charge in [-0.15, -0.1) is 0 Å². The van der Waals surface area contributed by atoms with Crippen LogP contribution in [-0.2, 0) is 16.6 Å². The molecule has 4 aliphatic rings. The Morgan fingerprint density at radius 3 is 3.15 bits per heavy atom. The van der Waals surface area contributed by atoms with E-state index in [1.165, 1.54) is 24.0 Å². The first-order chi connectivity index (χ1) is 12.7. The molecule has 0 aromatic heterocycles. The van der Waals surface area contributed by atoms with E-state index in [0.717, 1.165) is 36.9 Å². The summed E-state index contributed by atoms with van der Waals surface area (Å²) in [5.41, 5.74) is 2.45. The molecular formula is C21H25NO3Si. The van der Waals surface area contributed by atoms with Crippen molar-refractivity contribution in [1.29, 1.82) is 0 Å². The second kappa shape index (κ2) is 5.96. The van der Waals surface area contributed by atoms with Crippen LogP contribution >= 0.6 is 0 Å². The van der Waals surface area contributed by atoms with Gasteiger partial charge in [-0.2, -0.15) is 0 Å². The van der Waals surface area contributed by atoms with Gasteiger partial charge in [0.05, 0.1) is 5.41 Å². The van der Waals surface area contributed by atoms with Crippen LogP contribution in [0.5, 0.6) is 11.5 Å². The molecule has 5 rings (SSSR count). The maximum Gasteiger partial charge on any atom is 0.310 e. The lowest BCUT2D eigenvalue weighted by Crippen LogP contribution is -2.64. The molecule has 4 nitrogen and oxygen atoms in total. The lowest BCUT2D eigenvalue weighted by atomic mass is 9.53. The van der Waals surface area contributed by atoms with Gasteiger partial charge in [-0.3, -0.25) is 4.79 Å². The van der Waals surface area contributed by atoms with E-state index in [2.05, 4.69) is 37.1 Å². The summed E-state index contributed by atoms with van der Waals surface area (Å²) in [7, 11) is 2.66. The minimum absolute atomic E-state index is 0.119. The summed E-state index contributed by atoms with van der Waals surface area (Å²) in [4.78, 5) is 15.2. The number of carbonyl (C=O) groups excluding carboxylic acids is 1. The molecule has 1 saturated heterocycles. The van der Waals surface area contributed by atoms with Crippen LogP contribution in [0.15, 0.2) is 24.3 Å². The highest BCUT2D eigenvalue weighted by Crippen LogP contribution is 2.61. The lowest BCUT2D eigenvalue weighted by Gasteiger charge is -2.55. The topological polar surface area (TPSA) is 38.8 Å². The Hall–Kier alpha value is -1.59. The molecule has 4 atom stereocenters. The molecular weight excluding hydrogens is 342 g/mol. The van der Waals surface area contributed by atoms with E-state index in [9.17, 15) is 4.79 Å². The quantitative estimate of drug-likeness (QED) is 0.593. The summed E-state index contributed by atoms with van der Waals surface area (Å²) in [5, 5.41) is 0. The van der Waals surface area contributed by atoms with Crippen LogP contribution in [0.4, 0.5) is 0 Å². The van der Waals surface area contributed by atoms with Crippen molar-refractivity contribution in [3.63, 3.8) is 0 Å². The van der Waals surface area contributed by atoms with E-state index in [4.69, 9.17) is 9.16 Å². The maximum atomic E-state index is 12.7. The van der Waals surface area contributed by atoms with Gasteiger partial charge in [-0.25, -0.2) is 0 Å². The molecule has 1 fully saturated rings. The van der Waals surface area contributed by atoms with Crippen LogP contribution in [0.25, 0.3) is 0 Å². The molecule has 136 valence electrons. The predicted octanol–water partition coefficient (Wildman–Crippen LogP) is 2.92. The minimum Gasteiger partial charge on any atom is -0.538 e. The van der Waals surface area contributed by atoms with Crippen LogP contribution in [0.2, 0.25) is 6.04 Å². The van der Waals surface area contributed by atoms with Crippen molar-refractivity contribution in [3.05, 3.63) is 35.4 Å². The molecule has 1 aromatic carbocycles. The van der Waals surface area contributed by atoms with E-state index in [1.807, 2.05) is 0 Å². The van der Waals surface area contributed by atoms with Crippen LogP contribution in [-0.4, -0.2) is 46.2 Å². The van der Waals surface area contributed by atoms with Gasteiger partial charge in [-0.1, -0.05) is 31.9 Å². The molecule has 0 N–H and O–H groups in total. The summed E-state index contributed by atoms with van der Waals surface area (Å²) < 4.78 is 12.5. The van der Waals surface area contributed by atoms with Crippen LogP contribution in [0.3, 0.4) is 0 Å². The molecule has 0 amide bonds. The number of rotatable bonds is 5. The smallest absolute Gasteiger partial charge is 0.310 e. The predicted molar refractivity (Wildman–Crippen MR) is 101 cm³/mol. The van der Waals surface area contributed by atoms with E-state index in [0.29, 0.717) is 21.7 Å². The zero-order valence-corrected chi connectivity index (χ0v) is 16.5. The highest BCUT2D eigenvalue weighted by Gasteiger charge is 2.64. The molecule has 0 saturated carbocycles. The van der Waals surface area contributed by atoms with Gasteiger partial charge in [0.1, 0.15) is 5.75 Å². The largest absolute Gasteiger partial charge is 0.538 e. The number of nitrogens with zero attached hydrogens (tertiary/aromatic N) is 1. The monoisotopic (exact) mass is 367 g/mol. The average molecular weight is 368 g/mol. The van der Waals surface area contributed by atoms with E-state index in [-0.39, 0.29) is 17.3 Å². The standard InChI is InChI=1S/C21H25NO3Si/c1-3-4-11-26-25-17-8-5-13-12-15-14-6-7-16(23)20-21(14,9-10-22(15)2)18(13)19(17)24-20/h5-8,14-15,20H,3-4,9-12H2,1-2H3/t14-,15+,20-,21-/m0/s1. The maximum absolute atomic E-state index is 12.7. The zero-order chi connectivity index (χ0) is 17.9. The van der Waals surface area contributed by atoms with Gasteiger partial charge in [-0.05, 0) is 50.2 Å². The number of carbonyl (C=O) groups is 1. The Labute approximate surface area is 157 Å². The number of likely N-dealkylation sites (tertiary alicyclic amines) is 1. The molecule has 0 unspecified atom stereocenters. The molecule has 5 heteroatoms. The molecule has 2 aliphatic carbocycles. The number of piperidine rings is 1. The molecule has 2 heterocycles. The van der Waals surface area contributed by atoms with Crippen LogP contribution < -0.4 is 9.16 Å². The molecule has 1 spiro atoms. The van der Waals surface area contributed by atoms with Gasteiger partial charge in [0.15, 0.2) is 17.6 Å². The van der Waals surface area contributed by atoms with Gasteiger partial charge in [0.25, 0.3) is 0 Å². The molecule has 2 aliphatic heterocycles. The van der Waals surface area contributed by atoms with E-state index >= 15 is 0 Å². The molecule has 2 radical (unpaired) electrons. The number of hydrogen-bond acceptors (Lipinski definition) is 4. The fraction of sp³-hybridized carbons (Fsp3) is 0.571. The van der Waals surface area contributed by atoms with Crippen molar-refractivity contribution in [3.8, 4) is 11.5 Å². The fourth-order valence-corrected chi connectivity index (χ4v) is 6.44. The number of likely N-dealkylation sites (N-methyl/N-ethyl adjacent to an activating group) is 1. The van der Waals surface area contributed by atoms with Gasteiger partial charge in [0.2, 0.25) is 0 Å². The van der Waals surface area contributed by atoms with Gasteiger partial charge in [0, 0.05) is 17.5 Å². The Kier molecular flexibility index (Phi) is 3.80. The molecule has 1 aromatic rings. The van der Waals surface area contributed by atoms with Crippen molar-refractivity contribution in [2.24, 2.45) is 5.92 Å². The second-order valence-corrected chi connectivity index (χ2v) is 9.10. The summed E-state index contributed by atoms with van der Waals surface area (Å²) in [6.07, 6.45) is 7.94. The lowest BCUT2D eigenvalue weighted by molar-refractivity contribution is -0.127. The normalized spacial score (nSPS) is 33.8. The third-order valence-corrected chi connectivity index (χ3v) is 7.72. The van der Waals surface area contributed by atoms with Crippen molar-refractivity contribution in [2.45, 2.75) is 56.2 Å². The first-order valence-corrected chi connectivity index (χ1v) is 10.9. The summed E-state index contributed by atoms with van der Waals surface area (Å²) in [6, 6.07) is 5.82. The number of unbranched alkanes of at least 4 members (excludes halogenated alkanes) is 1. The van der Waals surface area contributed by atoms with E-state index in [1.54, 1.807) is 6.08 Å². The van der Waals surface area contributed by atoms with Crippen LogP contribution in [0.1, 0.15) is 37.3 Å². The number of hydrogen-bond donors (Lipinski definition) is 0. The SMILES string of the molecule is CCCC[Si]Oc1ccc2c3c1O[C@H]1C(=O)C=C[C@H]4[C@@H](C2)N(C)CC[C@]314. The van der Waals surface area contributed by atoms with Crippen molar-refractivity contribution in [2.75, 3.05) is 13.6 Å². The first-order valence-electron chi connectivity index (χ1n) is 9.82.